The number of nitrogens with zero attached hydrogens (tertiary/aromatic N) is 1. The molecule has 1 unspecified atom stereocenters. The normalized spacial score (nSPS) is 16.7. The number of hydrogen-bond donors (Lipinski definition) is 1. The summed E-state index contributed by atoms with van der Waals surface area (Å²) in [6, 6.07) is 10.8. The van der Waals surface area contributed by atoms with Crippen LogP contribution < -0.4 is 23.8 Å². The van der Waals surface area contributed by atoms with Gasteiger partial charge in [0.2, 0.25) is 0 Å². The Labute approximate surface area is 236 Å². The second-order valence-corrected chi connectivity index (χ2v) is 9.06. The third-order valence-corrected chi connectivity index (χ3v) is 6.62. The van der Waals surface area contributed by atoms with E-state index in [-0.39, 0.29) is 38.4 Å². The molecule has 3 aromatic carbocycles. The number of methoxy groups -OCH3 is 3. The van der Waals surface area contributed by atoms with Crippen LogP contribution in [0.2, 0.25) is 10.0 Å². The minimum atomic E-state index is -4.92. The summed E-state index contributed by atoms with van der Waals surface area (Å²) in [6.45, 7) is 0. The number of Topliss-reactive ketones (excluding diaryl/α,β-unsaturated/α-hetero) is 1. The molecule has 40 heavy (non-hydrogen) atoms. The summed E-state index contributed by atoms with van der Waals surface area (Å²) in [4.78, 5) is 27.9. The highest BCUT2D eigenvalue weighted by molar-refractivity contribution is 6.52. The van der Waals surface area contributed by atoms with Crippen LogP contribution in [0.4, 0.5) is 18.9 Å². The SMILES string of the molecule is COc1cccc(C2/C(=C(\O)c3cc(Cl)c(OC)c(Cl)c3OC)C(=O)C(=O)N2c2ccc(OC(F)(F)F)cc2)c1. The molecule has 0 radical (unpaired) electrons. The largest absolute Gasteiger partial charge is 0.573 e. The van der Waals surface area contributed by atoms with E-state index < -0.39 is 35.6 Å². The Balaban J connectivity index is 1.95. The molecule has 210 valence electrons. The van der Waals surface area contributed by atoms with Crippen LogP contribution in [0.3, 0.4) is 0 Å². The van der Waals surface area contributed by atoms with Crippen molar-refractivity contribution in [1.29, 1.82) is 0 Å². The molecular weight excluding hydrogens is 578 g/mol. The lowest BCUT2D eigenvalue weighted by atomic mass is 9.94. The Morgan fingerprint density at radius 2 is 1.55 bits per heavy atom. The zero-order chi connectivity index (χ0) is 29.4. The highest BCUT2D eigenvalue weighted by atomic mass is 35.5. The van der Waals surface area contributed by atoms with Crippen molar-refractivity contribution in [3.63, 3.8) is 0 Å². The van der Waals surface area contributed by atoms with Gasteiger partial charge in [0.1, 0.15) is 22.3 Å². The summed E-state index contributed by atoms with van der Waals surface area (Å²) < 4.78 is 57.7. The molecule has 1 fully saturated rings. The molecule has 1 amide bonds. The Hall–Kier alpha value is -4.09. The maximum atomic E-state index is 13.4. The average Bonchev–Trinajstić information content (AvgIpc) is 3.18. The second kappa shape index (κ2) is 11.2. The zero-order valence-corrected chi connectivity index (χ0v) is 22.5. The summed E-state index contributed by atoms with van der Waals surface area (Å²) in [5, 5.41) is 11.4. The van der Waals surface area contributed by atoms with Gasteiger partial charge in [0.15, 0.2) is 11.5 Å². The van der Waals surface area contributed by atoms with Crippen molar-refractivity contribution in [2.24, 2.45) is 0 Å². The van der Waals surface area contributed by atoms with E-state index in [9.17, 15) is 27.9 Å². The smallest absolute Gasteiger partial charge is 0.507 e. The van der Waals surface area contributed by atoms with E-state index in [1.165, 1.54) is 39.5 Å². The number of ether oxygens (including phenoxy) is 4. The average molecular weight is 598 g/mol. The number of ketones is 1. The first-order valence-corrected chi connectivity index (χ1v) is 12.1. The van der Waals surface area contributed by atoms with Crippen molar-refractivity contribution < 1.29 is 46.8 Å². The number of halogens is 5. The first kappa shape index (κ1) is 28.9. The van der Waals surface area contributed by atoms with Gasteiger partial charge in [0.25, 0.3) is 11.7 Å². The van der Waals surface area contributed by atoms with Crippen molar-refractivity contribution in [3.05, 3.63) is 81.3 Å². The van der Waals surface area contributed by atoms with Crippen molar-refractivity contribution >= 4 is 46.3 Å². The molecular formula is C27H20Cl2F3NO7. The molecule has 1 aliphatic heterocycles. The standard InChI is InChI=1S/C27H20Cl2F3NO7/c1-37-16-6-4-5-13(11-16)21-19(22(34)17-12-18(28)25(39-3)20(29)24(17)38-2)23(35)26(36)33(21)14-7-9-15(10-8-14)40-27(30,31)32/h4-12,21,34H,1-3H3/b22-19+. The van der Waals surface area contributed by atoms with E-state index in [0.29, 0.717) is 11.3 Å². The summed E-state index contributed by atoms with van der Waals surface area (Å²) in [5.74, 6) is -2.96. The fourth-order valence-corrected chi connectivity index (χ4v) is 5.01. The van der Waals surface area contributed by atoms with E-state index in [0.717, 1.165) is 17.0 Å². The van der Waals surface area contributed by atoms with Gasteiger partial charge < -0.3 is 24.1 Å². The summed E-state index contributed by atoms with van der Waals surface area (Å²) in [5.41, 5.74) is -0.0516. The quantitative estimate of drug-likeness (QED) is 0.188. The van der Waals surface area contributed by atoms with Gasteiger partial charge in [-0.15, -0.1) is 13.2 Å². The highest BCUT2D eigenvalue weighted by Gasteiger charge is 2.47. The molecule has 1 aliphatic rings. The number of benzene rings is 3. The monoisotopic (exact) mass is 597 g/mol. The topological polar surface area (TPSA) is 94.5 Å². The number of aliphatic hydroxyl groups excluding tert-OH is 1. The minimum Gasteiger partial charge on any atom is -0.507 e. The summed E-state index contributed by atoms with van der Waals surface area (Å²) in [6.07, 6.45) is -4.92. The Morgan fingerprint density at radius 3 is 2.12 bits per heavy atom. The van der Waals surface area contributed by atoms with Crippen LogP contribution in [0.1, 0.15) is 17.2 Å². The van der Waals surface area contributed by atoms with Gasteiger partial charge in [0.05, 0.1) is 43.5 Å². The summed E-state index contributed by atoms with van der Waals surface area (Å²) >= 11 is 12.7. The third kappa shape index (κ3) is 5.34. The summed E-state index contributed by atoms with van der Waals surface area (Å²) in [7, 11) is 4.01. The molecule has 1 heterocycles. The molecule has 0 aromatic heterocycles. The van der Waals surface area contributed by atoms with E-state index in [2.05, 4.69) is 4.74 Å². The number of carbonyl (C=O) groups is 2. The van der Waals surface area contributed by atoms with Crippen molar-refractivity contribution in [1.82, 2.24) is 0 Å². The molecule has 3 aromatic rings. The van der Waals surface area contributed by atoms with Crippen molar-refractivity contribution in [3.8, 4) is 23.0 Å². The highest BCUT2D eigenvalue weighted by Crippen LogP contribution is 2.48. The number of aliphatic hydroxyl groups is 1. The molecule has 1 atom stereocenters. The molecule has 0 saturated carbocycles. The molecule has 0 bridgehead atoms. The molecule has 1 saturated heterocycles. The van der Waals surface area contributed by atoms with Crippen LogP contribution >= 0.6 is 23.2 Å². The third-order valence-electron chi connectivity index (χ3n) is 6.00. The predicted octanol–water partition coefficient (Wildman–Crippen LogP) is 6.54. The molecule has 1 N–H and O–H groups in total. The fraction of sp³-hybridized carbons (Fsp3) is 0.185. The number of hydrogen-bond acceptors (Lipinski definition) is 7. The van der Waals surface area contributed by atoms with Gasteiger partial charge in [-0.25, -0.2) is 0 Å². The van der Waals surface area contributed by atoms with Gasteiger partial charge >= 0.3 is 6.36 Å². The fourth-order valence-electron chi connectivity index (χ4n) is 4.33. The van der Waals surface area contributed by atoms with Crippen LogP contribution in [0.15, 0.2) is 60.2 Å². The van der Waals surface area contributed by atoms with Crippen molar-refractivity contribution in [2.45, 2.75) is 12.4 Å². The molecule has 0 aliphatic carbocycles. The second-order valence-electron chi connectivity index (χ2n) is 8.27. The molecule has 13 heteroatoms. The molecule has 0 spiro atoms. The number of amides is 1. The number of anilines is 1. The maximum Gasteiger partial charge on any atom is 0.573 e. The Morgan fingerprint density at radius 1 is 0.900 bits per heavy atom. The minimum absolute atomic E-state index is 0.0118. The first-order valence-electron chi connectivity index (χ1n) is 11.3. The first-order chi connectivity index (χ1) is 18.9. The predicted molar refractivity (Wildman–Crippen MR) is 140 cm³/mol. The van der Waals surface area contributed by atoms with Gasteiger partial charge in [-0.3, -0.25) is 14.5 Å². The van der Waals surface area contributed by atoms with Crippen LogP contribution in [0, 0.1) is 0 Å². The number of alkyl halides is 3. The van der Waals surface area contributed by atoms with Gasteiger partial charge in [-0.05, 0) is 48.0 Å². The van der Waals surface area contributed by atoms with Gasteiger partial charge in [-0.2, -0.15) is 0 Å². The van der Waals surface area contributed by atoms with E-state index in [1.54, 1.807) is 24.3 Å². The molecule has 4 rings (SSSR count). The lowest BCUT2D eigenvalue weighted by Crippen LogP contribution is -2.29. The lowest BCUT2D eigenvalue weighted by Gasteiger charge is -2.26. The van der Waals surface area contributed by atoms with E-state index in [1.807, 2.05) is 0 Å². The van der Waals surface area contributed by atoms with E-state index in [4.69, 9.17) is 37.4 Å². The zero-order valence-electron chi connectivity index (χ0n) is 21.0. The number of rotatable bonds is 7. The van der Waals surface area contributed by atoms with Crippen LogP contribution in [-0.4, -0.2) is 44.5 Å². The van der Waals surface area contributed by atoms with E-state index >= 15 is 0 Å². The lowest BCUT2D eigenvalue weighted by molar-refractivity contribution is -0.274. The molecule has 8 nitrogen and oxygen atoms in total. The van der Waals surface area contributed by atoms with Crippen LogP contribution in [0.5, 0.6) is 23.0 Å². The van der Waals surface area contributed by atoms with Gasteiger partial charge in [0, 0.05) is 5.69 Å². The van der Waals surface area contributed by atoms with Gasteiger partial charge in [-0.1, -0.05) is 35.3 Å². The van der Waals surface area contributed by atoms with Crippen LogP contribution in [-0.2, 0) is 9.59 Å². The Bertz CT molecular complexity index is 1510. The Kier molecular flexibility index (Phi) is 8.08. The van der Waals surface area contributed by atoms with Crippen molar-refractivity contribution in [2.75, 3.05) is 26.2 Å². The maximum absolute atomic E-state index is 13.4. The number of carbonyl (C=O) groups excluding carboxylic acids is 2. The van der Waals surface area contributed by atoms with Crippen LogP contribution in [0.25, 0.3) is 5.76 Å².